The molecule has 0 saturated carbocycles. The third kappa shape index (κ3) is 4.79. The highest BCUT2D eigenvalue weighted by Crippen LogP contribution is 2.26. The molecular formula is C19H21ClN2O3. The largest absolute Gasteiger partial charge is 0.449 e. The molecule has 2 aromatic rings. The van der Waals surface area contributed by atoms with Crippen molar-refractivity contribution >= 4 is 29.2 Å². The first-order valence-corrected chi connectivity index (χ1v) is 8.53. The number of hydrogen-bond donors (Lipinski definition) is 1. The number of benzene rings is 1. The molecule has 1 aromatic carbocycles. The molecule has 132 valence electrons. The van der Waals surface area contributed by atoms with E-state index in [4.69, 9.17) is 16.3 Å². The minimum atomic E-state index is -0.964. The van der Waals surface area contributed by atoms with Gasteiger partial charge in [-0.25, -0.2) is 9.78 Å². The van der Waals surface area contributed by atoms with Crippen molar-refractivity contribution < 1.29 is 14.3 Å². The SMILES string of the molecule is CC[C@@H](C)c1ccccc1NC(=O)[C@H](C)OC(=O)c1cccnc1Cl. The smallest absolute Gasteiger partial charge is 0.342 e. The molecular weight excluding hydrogens is 340 g/mol. The van der Waals surface area contributed by atoms with Crippen LogP contribution in [-0.2, 0) is 9.53 Å². The summed E-state index contributed by atoms with van der Waals surface area (Å²) in [6.07, 6.45) is 1.46. The van der Waals surface area contributed by atoms with E-state index in [1.54, 1.807) is 6.07 Å². The lowest BCUT2D eigenvalue weighted by molar-refractivity contribution is -0.123. The maximum Gasteiger partial charge on any atom is 0.342 e. The Morgan fingerprint density at radius 1 is 1.20 bits per heavy atom. The molecule has 25 heavy (non-hydrogen) atoms. The zero-order valence-electron chi connectivity index (χ0n) is 14.5. The van der Waals surface area contributed by atoms with Crippen LogP contribution in [-0.4, -0.2) is 23.0 Å². The van der Waals surface area contributed by atoms with Gasteiger partial charge in [0.15, 0.2) is 6.10 Å². The van der Waals surface area contributed by atoms with E-state index in [2.05, 4.69) is 24.1 Å². The minimum Gasteiger partial charge on any atom is -0.449 e. The number of esters is 1. The van der Waals surface area contributed by atoms with Gasteiger partial charge in [0.1, 0.15) is 5.15 Å². The van der Waals surface area contributed by atoms with Crippen molar-refractivity contribution in [2.75, 3.05) is 5.32 Å². The molecule has 0 spiro atoms. The van der Waals surface area contributed by atoms with Gasteiger partial charge in [0.25, 0.3) is 5.91 Å². The number of hydrogen-bond acceptors (Lipinski definition) is 4. The van der Waals surface area contributed by atoms with Crippen LogP contribution in [0.3, 0.4) is 0 Å². The molecule has 1 aromatic heterocycles. The first-order valence-electron chi connectivity index (χ1n) is 8.15. The van der Waals surface area contributed by atoms with Crippen LogP contribution in [0.15, 0.2) is 42.6 Å². The van der Waals surface area contributed by atoms with Gasteiger partial charge < -0.3 is 10.1 Å². The average molecular weight is 361 g/mol. The van der Waals surface area contributed by atoms with Gasteiger partial charge in [0, 0.05) is 11.9 Å². The lowest BCUT2D eigenvalue weighted by Gasteiger charge is -2.18. The van der Waals surface area contributed by atoms with Gasteiger partial charge in [0.2, 0.25) is 0 Å². The summed E-state index contributed by atoms with van der Waals surface area (Å²) in [5.41, 5.74) is 1.90. The highest BCUT2D eigenvalue weighted by atomic mass is 35.5. The molecule has 0 fully saturated rings. The first kappa shape index (κ1) is 18.9. The molecule has 0 aliphatic heterocycles. The Kier molecular flexibility index (Phi) is 6.53. The number of pyridine rings is 1. The van der Waals surface area contributed by atoms with E-state index < -0.39 is 18.0 Å². The molecule has 0 bridgehead atoms. The Morgan fingerprint density at radius 2 is 1.92 bits per heavy atom. The van der Waals surface area contributed by atoms with Gasteiger partial charge >= 0.3 is 5.97 Å². The van der Waals surface area contributed by atoms with E-state index >= 15 is 0 Å². The summed E-state index contributed by atoms with van der Waals surface area (Å²) in [7, 11) is 0. The van der Waals surface area contributed by atoms with Gasteiger partial charge in [-0.15, -0.1) is 0 Å². The van der Waals surface area contributed by atoms with Crippen molar-refractivity contribution in [1.82, 2.24) is 4.98 Å². The molecule has 1 heterocycles. The molecule has 0 saturated heterocycles. The Balaban J connectivity index is 2.06. The molecule has 1 amide bonds. The Hall–Kier alpha value is -2.40. The summed E-state index contributed by atoms with van der Waals surface area (Å²) in [5.74, 6) is -0.774. The van der Waals surface area contributed by atoms with Crippen LogP contribution in [0.1, 0.15) is 49.0 Å². The van der Waals surface area contributed by atoms with E-state index in [9.17, 15) is 9.59 Å². The summed E-state index contributed by atoms with van der Waals surface area (Å²) in [6.45, 7) is 5.70. The second-order valence-corrected chi connectivity index (χ2v) is 6.13. The number of halogens is 1. The van der Waals surface area contributed by atoms with Gasteiger partial charge in [-0.2, -0.15) is 0 Å². The number of aromatic nitrogens is 1. The molecule has 6 heteroatoms. The van der Waals surface area contributed by atoms with Crippen molar-refractivity contribution in [3.8, 4) is 0 Å². The number of para-hydroxylation sites is 1. The van der Waals surface area contributed by atoms with Gasteiger partial charge in [-0.05, 0) is 43.0 Å². The van der Waals surface area contributed by atoms with Crippen LogP contribution in [0.5, 0.6) is 0 Å². The second-order valence-electron chi connectivity index (χ2n) is 5.78. The highest BCUT2D eigenvalue weighted by molar-refractivity contribution is 6.32. The lowest BCUT2D eigenvalue weighted by atomic mass is 9.97. The second kappa shape index (κ2) is 8.62. The van der Waals surface area contributed by atoms with Crippen molar-refractivity contribution in [2.24, 2.45) is 0 Å². The molecule has 0 radical (unpaired) electrons. The predicted molar refractivity (Wildman–Crippen MR) is 97.9 cm³/mol. The summed E-state index contributed by atoms with van der Waals surface area (Å²) in [6, 6.07) is 10.7. The number of rotatable bonds is 6. The minimum absolute atomic E-state index is 0.0437. The van der Waals surface area contributed by atoms with Gasteiger partial charge in [-0.3, -0.25) is 4.79 Å². The summed E-state index contributed by atoms with van der Waals surface area (Å²) < 4.78 is 5.20. The Labute approximate surface area is 152 Å². The number of nitrogens with zero attached hydrogens (tertiary/aromatic N) is 1. The van der Waals surface area contributed by atoms with E-state index in [0.717, 1.165) is 17.7 Å². The van der Waals surface area contributed by atoms with Gasteiger partial charge in [-0.1, -0.05) is 43.6 Å². The van der Waals surface area contributed by atoms with E-state index in [1.807, 2.05) is 24.3 Å². The predicted octanol–water partition coefficient (Wildman–Crippen LogP) is 4.43. The van der Waals surface area contributed by atoms with Crippen LogP contribution in [0.2, 0.25) is 5.15 Å². The third-order valence-electron chi connectivity index (χ3n) is 3.99. The fourth-order valence-electron chi connectivity index (χ4n) is 2.31. The van der Waals surface area contributed by atoms with Crippen molar-refractivity contribution in [1.29, 1.82) is 0 Å². The molecule has 0 aliphatic rings. The van der Waals surface area contributed by atoms with Gasteiger partial charge in [0.05, 0.1) is 5.56 Å². The molecule has 5 nitrogen and oxygen atoms in total. The van der Waals surface area contributed by atoms with Crippen molar-refractivity contribution in [3.05, 3.63) is 58.9 Å². The van der Waals surface area contributed by atoms with Crippen LogP contribution in [0.25, 0.3) is 0 Å². The standard InChI is InChI=1S/C19H21ClN2O3/c1-4-12(2)14-8-5-6-10-16(14)22-18(23)13(3)25-19(24)15-9-7-11-21-17(15)20/h5-13H,4H2,1-3H3,(H,22,23)/t12-,13+/m1/s1. The Bertz CT molecular complexity index is 764. The topological polar surface area (TPSA) is 68.3 Å². The zero-order valence-corrected chi connectivity index (χ0v) is 15.2. The number of amides is 1. The lowest BCUT2D eigenvalue weighted by Crippen LogP contribution is -2.30. The summed E-state index contributed by atoms with van der Waals surface area (Å²) in [5, 5.41) is 2.88. The number of anilines is 1. The van der Waals surface area contributed by atoms with Crippen LogP contribution < -0.4 is 5.32 Å². The fourth-order valence-corrected chi connectivity index (χ4v) is 2.51. The molecule has 0 unspecified atom stereocenters. The number of carbonyl (C=O) groups is 2. The normalized spacial score (nSPS) is 13.0. The van der Waals surface area contributed by atoms with Crippen LogP contribution >= 0.6 is 11.6 Å². The molecule has 1 N–H and O–H groups in total. The van der Waals surface area contributed by atoms with Crippen molar-refractivity contribution in [3.63, 3.8) is 0 Å². The maximum absolute atomic E-state index is 12.4. The number of carbonyl (C=O) groups excluding carboxylic acids is 2. The highest BCUT2D eigenvalue weighted by Gasteiger charge is 2.22. The van der Waals surface area contributed by atoms with Crippen LogP contribution in [0.4, 0.5) is 5.69 Å². The summed E-state index contributed by atoms with van der Waals surface area (Å²) in [4.78, 5) is 28.3. The first-order chi connectivity index (χ1) is 11.9. The maximum atomic E-state index is 12.4. The number of ether oxygens (including phenoxy) is 1. The average Bonchev–Trinajstić information content (AvgIpc) is 2.61. The Morgan fingerprint density at radius 3 is 2.60 bits per heavy atom. The number of nitrogens with one attached hydrogen (secondary N) is 1. The van der Waals surface area contributed by atoms with E-state index in [1.165, 1.54) is 19.2 Å². The quantitative estimate of drug-likeness (QED) is 0.611. The zero-order chi connectivity index (χ0) is 18.4. The van der Waals surface area contributed by atoms with Crippen LogP contribution in [0, 0.1) is 0 Å². The molecule has 0 aliphatic carbocycles. The monoisotopic (exact) mass is 360 g/mol. The van der Waals surface area contributed by atoms with E-state index in [-0.39, 0.29) is 10.7 Å². The summed E-state index contributed by atoms with van der Waals surface area (Å²) >= 11 is 5.87. The molecule has 2 rings (SSSR count). The fraction of sp³-hybridized carbons (Fsp3) is 0.316. The van der Waals surface area contributed by atoms with E-state index in [0.29, 0.717) is 5.92 Å². The molecule has 2 atom stereocenters. The van der Waals surface area contributed by atoms with Crippen molar-refractivity contribution in [2.45, 2.75) is 39.2 Å². The third-order valence-corrected chi connectivity index (χ3v) is 4.30.